The van der Waals surface area contributed by atoms with Crippen molar-refractivity contribution in [1.82, 2.24) is 4.83 Å². The Labute approximate surface area is 185 Å². The van der Waals surface area contributed by atoms with Gasteiger partial charge in [0.1, 0.15) is 11.1 Å². The predicted octanol–water partition coefficient (Wildman–Crippen LogP) is 4.10. The molecule has 1 heterocycles. The molecule has 7 nitrogen and oxygen atoms in total. The monoisotopic (exact) mass is 447 g/mol. The Morgan fingerprint density at radius 2 is 1.59 bits per heavy atom. The summed E-state index contributed by atoms with van der Waals surface area (Å²) in [5.41, 5.74) is 2.87. The van der Waals surface area contributed by atoms with Crippen molar-refractivity contribution in [2.45, 2.75) is 18.7 Å². The van der Waals surface area contributed by atoms with Gasteiger partial charge in [-0.15, -0.1) is 5.10 Å². The maximum Gasteiger partial charge on any atom is 0.276 e. The smallest absolute Gasteiger partial charge is 0.276 e. The standard InChI is InChI=1S/C24H21N3O4S/c1-16-11-13-19(14-12-16)32(29,30)27-26-24-20(15-18-8-4-6-10-22(18)31-24)23(28)25-21-9-5-3-7-17(21)2/h3-15,27H,1-2H3,(H,25,28)/b26-24-. The minimum Gasteiger partial charge on any atom is -0.436 e. The molecule has 8 heteroatoms. The average Bonchev–Trinajstić information content (AvgIpc) is 2.79. The first-order valence-electron chi connectivity index (χ1n) is 9.85. The molecule has 4 aromatic rings. The molecular weight excluding hydrogens is 426 g/mol. The average molecular weight is 448 g/mol. The third kappa shape index (κ3) is 4.55. The summed E-state index contributed by atoms with van der Waals surface area (Å²) in [5.74, 6) is -0.470. The van der Waals surface area contributed by atoms with E-state index in [0.29, 0.717) is 16.7 Å². The third-order valence-corrected chi connectivity index (χ3v) is 6.12. The SMILES string of the molecule is Cc1ccc(S(=O)(=O)N/N=c2\oc3ccccc3cc2C(=O)Nc2ccccc2C)cc1. The zero-order valence-electron chi connectivity index (χ0n) is 17.5. The molecule has 162 valence electrons. The molecule has 0 aliphatic carbocycles. The molecule has 0 bridgehead atoms. The first-order valence-corrected chi connectivity index (χ1v) is 11.3. The van der Waals surface area contributed by atoms with Crippen molar-refractivity contribution < 1.29 is 17.6 Å². The Morgan fingerprint density at radius 3 is 2.34 bits per heavy atom. The number of aryl methyl sites for hydroxylation is 2. The van der Waals surface area contributed by atoms with Crippen molar-refractivity contribution in [2.24, 2.45) is 5.10 Å². The fraction of sp³-hybridized carbons (Fsp3) is 0.0833. The summed E-state index contributed by atoms with van der Waals surface area (Å²) in [6, 6.07) is 22.4. The first-order chi connectivity index (χ1) is 15.3. The molecule has 32 heavy (non-hydrogen) atoms. The van der Waals surface area contributed by atoms with Crippen molar-refractivity contribution >= 4 is 32.6 Å². The lowest BCUT2D eigenvalue weighted by molar-refractivity contribution is 0.102. The number of fused-ring (bicyclic) bond motifs is 1. The number of anilines is 1. The van der Waals surface area contributed by atoms with Crippen LogP contribution in [0.4, 0.5) is 5.69 Å². The van der Waals surface area contributed by atoms with E-state index in [9.17, 15) is 13.2 Å². The first kappa shape index (κ1) is 21.3. The maximum absolute atomic E-state index is 13.1. The number of nitrogens with zero attached hydrogens (tertiary/aromatic N) is 1. The van der Waals surface area contributed by atoms with Crippen LogP contribution < -0.4 is 15.7 Å². The number of rotatable bonds is 5. The zero-order chi connectivity index (χ0) is 22.7. The van der Waals surface area contributed by atoms with Crippen LogP contribution in [-0.2, 0) is 10.0 Å². The predicted molar refractivity (Wildman–Crippen MR) is 122 cm³/mol. The van der Waals surface area contributed by atoms with E-state index in [1.807, 2.05) is 38.1 Å². The highest BCUT2D eigenvalue weighted by Gasteiger charge is 2.16. The second-order valence-corrected chi connectivity index (χ2v) is 8.95. The zero-order valence-corrected chi connectivity index (χ0v) is 18.3. The second-order valence-electron chi connectivity index (χ2n) is 7.29. The summed E-state index contributed by atoms with van der Waals surface area (Å²) in [5, 5.41) is 7.46. The molecule has 1 amide bonds. The molecule has 1 aromatic heterocycles. The highest BCUT2D eigenvalue weighted by Crippen LogP contribution is 2.17. The van der Waals surface area contributed by atoms with Crippen molar-refractivity contribution in [3.8, 4) is 0 Å². The van der Waals surface area contributed by atoms with E-state index < -0.39 is 15.9 Å². The van der Waals surface area contributed by atoms with Crippen LogP contribution in [0.1, 0.15) is 21.5 Å². The number of hydrogen-bond donors (Lipinski definition) is 2. The van der Waals surface area contributed by atoms with Crippen LogP contribution in [0.25, 0.3) is 11.0 Å². The highest BCUT2D eigenvalue weighted by molar-refractivity contribution is 7.89. The van der Waals surface area contributed by atoms with Gasteiger partial charge in [-0.05, 0) is 49.7 Å². The number of hydrogen-bond acceptors (Lipinski definition) is 5. The topological polar surface area (TPSA) is 101 Å². The summed E-state index contributed by atoms with van der Waals surface area (Å²) in [6.07, 6.45) is 0. The van der Waals surface area contributed by atoms with E-state index in [4.69, 9.17) is 4.42 Å². The Balaban J connectivity index is 1.76. The van der Waals surface area contributed by atoms with E-state index >= 15 is 0 Å². The summed E-state index contributed by atoms with van der Waals surface area (Å²) in [6.45, 7) is 3.74. The van der Waals surface area contributed by atoms with Crippen molar-refractivity contribution in [3.05, 3.63) is 101 Å². The molecule has 0 unspecified atom stereocenters. The highest BCUT2D eigenvalue weighted by atomic mass is 32.2. The van der Waals surface area contributed by atoms with Gasteiger partial charge in [-0.25, -0.2) is 0 Å². The van der Waals surface area contributed by atoms with E-state index in [1.54, 1.807) is 42.5 Å². The molecular formula is C24H21N3O4S. The van der Waals surface area contributed by atoms with Crippen molar-refractivity contribution in [3.63, 3.8) is 0 Å². The molecule has 0 atom stereocenters. The van der Waals surface area contributed by atoms with Gasteiger partial charge < -0.3 is 9.73 Å². The largest absolute Gasteiger partial charge is 0.436 e. The van der Waals surface area contributed by atoms with Gasteiger partial charge in [0, 0.05) is 11.1 Å². The number of carbonyl (C=O) groups is 1. The van der Waals surface area contributed by atoms with Crippen LogP contribution in [0.5, 0.6) is 0 Å². The van der Waals surface area contributed by atoms with Gasteiger partial charge >= 0.3 is 0 Å². The van der Waals surface area contributed by atoms with Crippen LogP contribution in [0.3, 0.4) is 0 Å². The fourth-order valence-corrected chi connectivity index (χ4v) is 3.89. The molecule has 0 radical (unpaired) electrons. The van der Waals surface area contributed by atoms with Gasteiger partial charge in [0.15, 0.2) is 0 Å². The van der Waals surface area contributed by atoms with Gasteiger partial charge in [-0.2, -0.15) is 13.2 Å². The van der Waals surface area contributed by atoms with Gasteiger partial charge in [0.2, 0.25) is 5.55 Å². The number of nitrogens with one attached hydrogen (secondary N) is 2. The normalized spacial score (nSPS) is 12.0. The molecule has 2 N–H and O–H groups in total. The Hall–Kier alpha value is -3.91. The van der Waals surface area contributed by atoms with Crippen molar-refractivity contribution in [1.29, 1.82) is 0 Å². The second kappa shape index (κ2) is 8.68. The molecule has 0 fully saturated rings. The molecule has 3 aromatic carbocycles. The number of carbonyl (C=O) groups excluding carboxylic acids is 1. The maximum atomic E-state index is 13.1. The van der Waals surface area contributed by atoms with E-state index in [2.05, 4.69) is 15.2 Å². The minimum absolute atomic E-state index is 0.0542. The fourth-order valence-electron chi connectivity index (χ4n) is 3.09. The van der Waals surface area contributed by atoms with E-state index in [-0.39, 0.29) is 16.0 Å². The lowest BCUT2D eigenvalue weighted by Gasteiger charge is -2.09. The number of benzene rings is 3. The Kier molecular flexibility index (Phi) is 5.79. The van der Waals surface area contributed by atoms with Crippen LogP contribution in [0.15, 0.2) is 93.3 Å². The molecule has 4 rings (SSSR count). The molecule has 0 aliphatic rings. The Bertz CT molecular complexity index is 1470. The minimum atomic E-state index is -3.94. The van der Waals surface area contributed by atoms with E-state index in [1.165, 1.54) is 12.1 Å². The van der Waals surface area contributed by atoms with Gasteiger partial charge in [0.25, 0.3) is 15.9 Å². The number of sulfonamides is 1. The van der Waals surface area contributed by atoms with Crippen LogP contribution in [0.2, 0.25) is 0 Å². The number of amides is 1. The summed E-state index contributed by atoms with van der Waals surface area (Å²) < 4.78 is 31.1. The van der Waals surface area contributed by atoms with Gasteiger partial charge in [0.05, 0.1) is 4.90 Å². The summed E-state index contributed by atoms with van der Waals surface area (Å²) in [7, 11) is -3.94. The lowest BCUT2D eigenvalue weighted by Crippen LogP contribution is -2.27. The van der Waals surface area contributed by atoms with Crippen LogP contribution in [0, 0.1) is 13.8 Å². The third-order valence-electron chi connectivity index (χ3n) is 4.89. The molecule has 0 saturated heterocycles. The van der Waals surface area contributed by atoms with Gasteiger partial charge in [-0.3, -0.25) is 4.79 Å². The molecule has 0 aliphatic heterocycles. The molecule has 0 spiro atoms. The van der Waals surface area contributed by atoms with Gasteiger partial charge in [-0.1, -0.05) is 54.1 Å². The molecule has 0 saturated carbocycles. The van der Waals surface area contributed by atoms with E-state index in [0.717, 1.165) is 11.1 Å². The van der Waals surface area contributed by atoms with Crippen LogP contribution in [-0.4, -0.2) is 14.3 Å². The lowest BCUT2D eigenvalue weighted by atomic mass is 10.1. The quantitative estimate of drug-likeness (QED) is 0.450. The summed E-state index contributed by atoms with van der Waals surface area (Å²) in [4.78, 5) is 15.3. The Morgan fingerprint density at radius 1 is 0.906 bits per heavy atom. The van der Waals surface area contributed by atoms with Crippen LogP contribution >= 0.6 is 0 Å². The summed E-state index contributed by atoms with van der Waals surface area (Å²) >= 11 is 0. The number of para-hydroxylation sites is 2. The van der Waals surface area contributed by atoms with Crippen molar-refractivity contribution in [2.75, 3.05) is 5.32 Å².